The highest BCUT2D eigenvalue weighted by atomic mass is 16.4. The Balaban J connectivity index is 1.98. The van der Waals surface area contributed by atoms with Gasteiger partial charge in [0.1, 0.15) is 5.69 Å². The van der Waals surface area contributed by atoms with Gasteiger partial charge in [-0.2, -0.15) is 0 Å². The molecule has 0 aliphatic carbocycles. The van der Waals surface area contributed by atoms with Crippen molar-refractivity contribution in [3.05, 3.63) is 29.6 Å². The molecule has 1 saturated heterocycles. The summed E-state index contributed by atoms with van der Waals surface area (Å²) in [4.78, 5) is 40.1. The van der Waals surface area contributed by atoms with Gasteiger partial charge in [0.05, 0.1) is 12.1 Å². The Morgan fingerprint density at radius 2 is 2.00 bits per heavy atom. The fraction of sp³-hybridized carbons (Fsp3) is 0.385. The van der Waals surface area contributed by atoms with Gasteiger partial charge in [-0.3, -0.25) is 14.6 Å². The molecule has 7 nitrogen and oxygen atoms in total. The van der Waals surface area contributed by atoms with Gasteiger partial charge in [-0.1, -0.05) is 0 Å². The second-order valence-corrected chi connectivity index (χ2v) is 4.48. The summed E-state index contributed by atoms with van der Waals surface area (Å²) in [6.07, 6.45) is 3.29. The number of carboxylic acids is 1. The highest BCUT2D eigenvalue weighted by molar-refractivity contribution is 6.04. The van der Waals surface area contributed by atoms with Gasteiger partial charge in [-0.25, -0.2) is 4.79 Å². The molecule has 2 amide bonds. The molecule has 0 unspecified atom stereocenters. The molecule has 0 radical (unpaired) electrons. The monoisotopic (exact) mass is 277 g/mol. The second kappa shape index (κ2) is 6.14. The van der Waals surface area contributed by atoms with Crippen molar-refractivity contribution in [3.8, 4) is 0 Å². The van der Waals surface area contributed by atoms with Crippen LogP contribution in [-0.2, 0) is 4.79 Å². The number of hydrogen-bond donors (Lipinski definition) is 2. The predicted molar refractivity (Wildman–Crippen MR) is 69.3 cm³/mol. The van der Waals surface area contributed by atoms with E-state index in [2.05, 4.69) is 10.3 Å². The summed E-state index contributed by atoms with van der Waals surface area (Å²) in [7, 11) is 0. The van der Waals surface area contributed by atoms with E-state index in [9.17, 15) is 14.4 Å². The molecule has 1 aromatic heterocycles. The van der Waals surface area contributed by atoms with Crippen LogP contribution in [0.2, 0.25) is 0 Å². The molecular weight excluding hydrogens is 262 g/mol. The molecular formula is C13H15N3O4. The Morgan fingerprint density at radius 1 is 1.30 bits per heavy atom. The number of likely N-dealkylation sites (tertiary alicyclic amines) is 1. The van der Waals surface area contributed by atoms with Crippen LogP contribution in [0.25, 0.3) is 0 Å². The number of carbonyl (C=O) groups is 3. The molecule has 1 aromatic rings. The van der Waals surface area contributed by atoms with Crippen LogP contribution in [0.15, 0.2) is 18.3 Å². The van der Waals surface area contributed by atoms with Crippen molar-refractivity contribution < 1.29 is 19.5 Å². The van der Waals surface area contributed by atoms with Gasteiger partial charge in [0.25, 0.3) is 5.91 Å². The third kappa shape index (κ3) is 3.11. The summed E-state index contributed by atoms with van der Waals surface area (Å²) in [6.45, 7) is 1.27. The molecule has 1 aliphatic rings. The number of aromatic nitrogens is 1. The zero-order valence-electron chi connectivity index (χ0n) is 10.8. The van der Waals surface area contributed by atoms with Crippen LogP contribution >= 0.6 is 0 Å². The van der Waals surface area contributed by atoms with E-state index >= 15 is 0 Å². The molecule has 0 saturated carbocycles. The number of aromatic carboxylic acids is 1. The van der Waals surface area contributed by atoms with Crippen molar-refractivity contribution in [2.45, 2.75) is 12.8 Å². The molecule has 0 spiro atoms. The Kier molecular flexibility index (Phi) is 4.29. The highest BCUT2D eigenvalue weighted by Gasteiger charge is 2.21. The molecule has 0 atom stereocenters. The molecule has 1 fully saturated rings. The van der Waals surface area contributed by atoms with Crippen molar-refractivity contribution >= 4 is 17.8 Å². The number of pyridine rings is 1. The van der Waals surface area contributed by atoms with Crippen LogP contribution in [0.1, 0.15) is 33.7 Å². The van der Waals surface area contributed by atoms with Gasteiger partial charge >= 0.3 is 5.97 Å². The lowest BCUT2D eigenvalue weighted by atomic mass is 10.2. The minimum Gasteiger partial charge on any atom is -0.478 e. The first-order chi connectivity index (χ1) is 9.59. The van der Waals surface area contributed by atoms with Crippen molar-refractivity contribution in [2.24, 2.45) is 0 Å². The SMILES string of the molecule is O=C(O)c1cccnc1C(=O)NCC(=O)N1CCCC1. The Bertz CT molecular complexity index is 538. The van der Waals surface area contributed by atoms with Crippen LogP contribution < -0.4 is 5.32 Å². The molecule has 2 rings (SSSR count). The third-order valence-corrected chi connectivity index (χ3v) is 3.11. The molecule has 0 aromatic carbocycles. The maximum Gasteiger partial charge on any atom is 0.338 e. The molecule has 2 heterocycles. The molecule has 106 valence electrons. The second-order valence-electron chi connectivity index (χ2n) is 4.48. The van der Waals surface area contributed by atoms with Gasteiger partial charge in [0, 0.05) is 19.3 Å². The van der Waals surface area contributed by atoms with Crippen LogP contribution in [0.3, 0.4) is 0 Å². The van der Waals surface area contributed by atoms with E-state index in [0.29, 0.717) is 13.1 Å². The van der Waals surface area contributed by atoms with Gasteiger partial charge in [-0.15, -0.1) is 0 Å². The average Bonchev–Trinajstić information content (AvgIpc) is 2.98. The van der Waals surface area contributed by atoms with E-state index in [0.717, 1.165) is 12.8 Å². The Morgan fingerprint density at radius 3 is 2.65 bits per heavy atom. The predicted octanol–water partition coefficient (Wildman–Crippen LogP) is 0.132. The van der Waals surface area contributed by atoms with E-state index in [1.54, 1.807) is 4.90 Å². The normalized spacial score (nSPS) is 14.1. The summed E-state index contributed by atoms with van der Waals surface area (Å²) in [5, 5.41) is 11.4. The minimum atomic E-state index is -1.23. The Labute approximate surface area is 115 Å². The number of hydrogen-bond acceptors (Lipinski definition) is 4. The largest absolute Gasteiger partial charge is 0.478 e. The number of nitrogens with zero attached hydrogens (tertiary/aromatic N) is 2. The number of rotatable bonds is 4. The van der Waals surface area contributed by atoms with Crippen LogP contribution in [0, 0.1) is 0 Å². The fourth-order valence-corrected chi connectivity index (χ4v) is 2.08. The first-order valence-electron chi connectivity index (χ1n) is 6.34. The third-order valence-electron chi connectivity index (χ3n) is 3.11. The quantitative estimate of drug-likeness (QED) is 0.815. The number of amides is 2. The number of nitrogens with one attached hydrogen (secondary N) is 1. The minimum absolute atomic E-state index is 0.144. The van der Waals surface area contributed by atoms with Crippen LogP contribution in [-0.4, -0.2) is 52.4 Å². The first kappa shape index (κ1) is 14.0. The summed E-state index contributed by atoms with van der Waals surface area (Å²) in [6, 6.07) is 2.74. The number of carbonyl (C=O) groups excluding carboxylic acids is 2. The van der Waals surface area contributed by atoms with Crippen LogP contribution in [0.5, 0.6) is 0 Å². The molecule has 7 heteroatoms. The lowest BCUT2D eigenvalue weighted by molar-refractivity contribution is -0.129. The lowest BCUT2D eigenvalue weighted by Crippen LogP contribution is -2.39. The topological polar surface area (TPSA) is 99.6 Å². The van der Waals surface area contributed by atoms with E-state index in [4.69, 9.17) is 5.11 Å². The smallest absolute Gasteiger partial charge is 0.338 e. The number of carboxylic acid groups (broad SMARTS) is 1. The van der Waals surface area contributed by atoms with Gasteiger partial charge in [-0.05, 0) is 25.0 Å². The van der Waals surface area contributed by atoms with E-state index in [-0.39, 0.29) is 23.7 Å². The summed E-state index contributed by atoms with van der Waals surface area (Å²) >= 11 is 0. The van der Waals surface area contributed by atoms with E-state index in [1.165, 1.54) is 18.3 Å². The highest BCUT2D eigenvalue weighted by Crippen LogP contribution is 2.08. The van der Waals surface area contributed by atoms with Crippen LogP contribution in [0.4, 0.5) is 0 Å². The lowest BCUT2D eigenvalue weighted by Gasteiger charge is -2.15. The maximum atomic E-state index is 11.9. The Hall–Kier alpha value is -2.44. The summed E-state index contributed by atoms with van der Waals surface area (Å²) in [5.41, 5.74) is -0.368. The zero-order chi connectivity index (χ0) is 14.5. The van der Waals surface area contributed by atoms with Crippen molar-refractivity contribution in [3.63, 3.8) is 0 Å². The first-order valence-corrected chi connectivity index (χ1v) is 6.34. The van der Waals surface area contributed by atoms with Crippen molar-refractivity contribution in [1.82, 2.24) is 15.2 Å². The molecule has 0 bridgehead atoms. The van der Waals surface area contributed by atoms with Crippen molar-refractivity contribution in [2.75, 3.05) is 19.6 Å². The standard InChI is InChI=1S/C13H15N3O4/c17-10(16-6-1-2-7-16)8-15-12(18)11-9(13(19)20)4-3-5-14-11/h3-5H,1-2,6-8H2,(H,15,18)(H,19,20). The molecule has 2 N–H and O–H groups in total. The van der Waals surface area contributed by atoms with Gasteiger partial charge in [0.15, 0.2) is 0 Å². The zero-order valence-corrected chi connectivity index (χ0v) is 10.8. The van der Waals surface area contributed by atoms with Gasteiger partial charge < -0.3 is 15.3 Å². The molecule has 20 heavy (non-hydrogen) atoms. The van der Waals surface area contributed by atoms with Gasteiger partial charge in [0.2, 0.25) is 5.91 Å². The maximum absolute atomic E-state index is 11.9. The molecule has 1 aliphatic heterocycles. The summed E-state index contributed by atoms with van der Waals surface area (Å²) in [5.74, 6) is -2.05. The van der Waals surface area contributed by atoms with Crippen molar-refractivity contribution in [1.29, 1.82) is 0 Å². The van der Waals surface area contributed by atoms with E-state index < -0.39 is 11.9 Å². The fourth-order valence-electron chi connectivity index (χ4n) is 2.08. The average molecular weight is 277 g/mol. The summed E-state index contributed by atoms with van der Waals surface area (Å²) < 4.78 is 0. The van der Waals surface area contributed by atoms with E-state index in [1.807, 2.05) is 0 Å².